The fraction of sp³-hybridized carbons (Fsp3) is 0.636. The highest BCUT2D eigenvalue weighted by Gasteiger charge is 2.35. The van der Waals surface area contributed by atoms with Gasteiger partial charge in [0, 0.05) is 32.4 Å². The number of rotatable bonds is 8. The third-order valence-electron chi connectivity index (χ3n) is 6.28. The van der Waals surface area contributed by atoms with Crippen LogP contribution in [0.1, 0.15) is 37.3 Å². The van der Waals surface area contributed by atoms with E-state index in [1.165, 1.54) is 6.20 Å². The first-order valence-electron chi connectivity index (χ1n) is 11.9. The van der Waals surface area contributed by atoms with Crippen LogP contribution in [0.4, 0.5) is 35.0 Å². The number of nitrogens with one attached hydrogen (secondary N) is 2. The van der Waals surface area contributed by atoms with Crippen molar-refractivity contribution in [2.24, 2.45) is 0 Å². The zero-order valence-corrected chi connectivity index (χ0v) is 20.0. The number of hydrogen-bond acceptors (Lipinski definition) is 8. The van der Waals surface area contributed by atoms with Crippen LogP contribution in [0, 0.1) is 5.95 Å². The topological polar surface area (TPSA) is 100 Å². The number of nitrogens with zero attached hydrogens (tertiary/aromatic N) is 6. The van der Waals surface area contributed by atoms with Gasteiger partial charge in [-0.15, -0.1) is 5.10 Å². The Bertz CT molecular complexity index is 1040. The SMILES string of the molecule is CN1CCC(n2cc(Nc3ncc(C(F)(F)F)c(NCCCN4CCCOCC4=O)n3)c(F)n2)CC1. The van der Waals surface area contributed by atoms with Crippen LogP contribution in [0.15, 0.2) is 12.4 Å². The molecule has 0 spiro atoms. The lowest BCUT2D eigenvalue weighted by Gasteiger charge is -2.28. The van der Waals surface area contributed by atoms with Crippen LogP contribution < -0.4 is 10.6 Å². The highest BCUT2D eigenvalue weighted by molar-refractivity contribution is 5.77. The quantitative estimate of drug-likeness (QED) is 0.410. The molecule has 2 saturated heterocycles. The van der Waals surface area contributed by atoms with Crippen LogP contribution >= 0.6 is 0 Å². The number of aromatic nitrogens is 4. The molecular formula is C22H30F4N8O2. The van der Waals surface area contributed by atoms with Crippen LogP contribution in [0.5, 0.6) is 0 Å². The molecule has 0 unspecified atom stereocenters. The molecule has 2 aromatic rings. The van der Waals surface area contributed by atoms with E-state index in [1.807, 2.05) is 7.05 Å². The van der Waals surface area contributed by atoms with Crippen molar-refractivity contribution in [3.8, 4) is 0 Å². The van der Waals surface area contributed by atoms with Crippen molar-refractivity contribution < 1.29 is 27.1 Å². The van der Waals surface area contributed by atoms with Crippen molar-refractivity contribution in [2.45, 2.75) is 37.9 Å². The van der Waals surface area contributed by atoms with Crippen molar-refractivity contribution in [2.75, 3.05) is 63.6 Å². The van der Waals surface area contributed by atoms with Gasteiger partial charge >= 0.3 is 6.18 Å². The van der Waals surface area contributed by atoms with Gasteiger partial charge in [0.25, 0.3) is 5.95 Å². The number of alkyl halides is 3. The minimum atomic E-state index is -4.68. The second-order valence-electron chi connectivity index (χ2n) is 8.99. The van der Waals surface area contributed by atoms with Gasteiger partial charge in [0.2, 0.25) is 11.9 Å². The highest BCUT2D eigenvalue weighted by Crippen LogP contribution is 2.34. The van der Waals surface area contributed by atoms with Crippen LogP contribution in [0.3, 0.4) is 0 Å². The summed E-state index contributed by atoms with van der Waals surface area (Å²) in [5.41, 5.74) is -1.05. The number of ether oxygens (including phenoxy) is 1. The van der Waals surface area contributed by atoms with Crippen molar-refractivity contribution in [3.05, 3.63) is 23.9 Å². The maximum Gasteiger partial charge on any atom is 0.421 e. The first-order valence-corrected chi connectivity index (χ1v) is 11.9. The van der Waals surface area contributed by atoms with Gasteiger partial charge in [-0.05, 0) is 45.8 Å². The summed E-state index contributed by atoms with van der Waals surface area (Å²) in [7, 11) is 2.02. The average molecular weight is 515 g/mol. The van der Waals surface area contributed by atoms with E-state index in [0.29, 0.717) is 38.7 Å². The first-order chi connectivity index (χ1) is 17.2. The number of amides is 1. The van der Waals surface area contributed by atoms with E-state index >= 15 is 0 Å². The van der Waals surface area contributed by atoms with Crippen molar-refractivity contribution in [1.82, 2.24) is 29.5 Å². The van der Waals surface area contributed by atoms with Gasteiger partial charge in [-0.1, -0.05) is 0 Å². The summed E-state index contributed by atoms with van der Waals surface area (Å²) in [5.74, 6) is -1.53. The zero-order valence-electron chi connectivity index (χ0n) is 20.0. The van der Waals surface area contributed by atoms with Gasteiger partial charge in [0.15, 0.2) is 0 Å². The predicted molar refractivity (Wildman–Crippen MR) is 123 cm³/mol. The average Bonchev–Trinajstić information content (AvgIpc) is 3.06. The summed E-state index contributed by atoms with van der Waals surface area (Å²) >= 11 is 0. The van der Waals surface area contributed by atoms with E-state index in [0.717, 1.165) is 25.9 Å². The Balaban J connectivity index is 1.41. The van der Waals surface area contributed by atoms with Crippen LogP contribution in [-0.2, 0) is 15.7 Å². The lowest BCUT2D eigenvalue weighted by Crippen LogP contribution is -2.34. The zero-order chi connectivity index (χ0) is 25.7. The molecule has 1 amide bonds. The van der Waals surface area contributed by atoms with Crippen molar-refractivity contribution in [3.63, 3.8) is 0 Å². The Kier molecular flexibility index (Phi) is 8.24. The van der Waals surface area contributed by atoms with Gasteiger partial charge in [-0.25, -0.2) is 4.98 Å². The normalized spacial score (nSPS) is 18.4. The van der Waals surface area contributed by atoms with E-state index in [2.05, 4.69) is 30.6 Å². The molecule has 0 saturated carbocycles. The second kappa shape index (κ2) is 11.4. The molecule has 198 valence electrons. The molecule has 2 fully saturated rings. The molecule has 36 heavy (non-hydrogen) atoms. The van der Waals surface area contributed by atoms with E-state index in [9.17, 15) is 22.4 Å². The summed E-state index contributed by atoms with van der Waals surface area (Å²) < 4.78 is 61.8. The van der Waals surface area contributed by atoms with Gasteiger partial charge in [-0.3, -0.25) is 9.48 Å². The third-order valence-corrected chi connectivity index (χ3v) is 6.28. The number of hydrogen-bond donors (Lipinski definition) is 2. The van der Waals surface area contributed by atoms with Crippen LogP contribution in [0.25, 0.3) is 0 Å². The molecule has 0 bridgehead atoms. The lowest BCUT2D eigenvalue weighted by molar-refractivity contribution is -0.137. The molecule has 0 atom stereocenters. The maximum atomic E-state index is 14.5. The van der Waals surface area contributed by atoms with Gasteiger partial charge in [-0.2, -0.15) is 22.5 Å². The fourth-order valence-electron chi connectivity index (χ4n) is 4.25. The Hall–Kier alpha value is -3.00. The lowest BCUT2D eigenvalue weighted by atomic mass is 10.1. The molecule has 2 aromatic heterocycles. The summed E-state index contributed by atoms with van der Waals surface area (Å²) in [4.78, 5) is 23.5. The number of carbonyl (C=O) groups excluding carboxylic acids is 1. The molecule has 4 heterocycles. The predicted octanol–water partition coefficient (Wildman–Crippen LogP) is 2.89. The molecule has 2 N–H and O–H groups in total. The smallest absolute Gasteiger partial charge is 0.372 e. The Morgan fingerprint density at radius 1 is 1.22 bits per heavy atom. The second-order valence-corrected chi connectivity index (χ2v) is 8.99. The summed E-state index contributed by atoms with van der Waals surface area (Å²) in [6, 6.07) is 0.0413. The van der Waals surface area contributed by atoms with Crippen LogP contribution in [0.2, 0.25) is 0 Å². The molecule has 2 aliphatic heterocycles. The van der Waals surface area contributed by atoms with E-state index in [4.69, 9.17) is 4.74 Å². The number of carbonyl (C=O) groups is 1. The number of halogens is 4. The van der Waals surface area contributed by atoms with Gasteiger partial charge < -0.3 is 25.2 Å². The largest absolute Gasteiger partial charge is 0.421 e. The number of anilines is 3. The van der Waals surface area contributed by atoms with E-state index in [-0.39, 0.29) is 36.7 Å². The Morgan fingerprint density at radius 3 is 2.75 bits per heavy atom. The Labute approximate surface area is 206 Å². The maximum absolute atomic E-state index is 14.5. The number of likely N-dealkylation sites (tertiary alicyclic amines) is 1. The monoisotopic (exact) mass is 514 g/mol. The van der Waals surface area contributed by atoms with E-state index in [1.54, 1.807) is 9.58 Å². The minimum absolute atomic E-state index is 0.0114. The molecule has 2 aliphatic rings. The van der Waals surface area contributed by atoms with Crippen molar-refractivity contribution >= 4 is 23.4 Å². The molecule has 0 aliphatic carbocycles. The minimum Gasteiger partial charge on any atom is -0.372 e. The molecular weight excluding hydrogens is 484 g/mol. The first kappa shape index (κ1) is 26.1. The van der Waals surface area contributed by atoms with Crippen molar-refractivity contribution in [1.29, 1.82) is 0 Å². The van der Waals surface area contributed by atoms with E-state index < -0.39 is 23.5 Å². The summed E-state index contributed by atoms with van der Waals surface area (Å²) in [5, 5.41) is 9.27. The summed E-state index contributed by atoms with van der Waals surface area (Å²) in [6.45, 7) is 3.32. The van der Waals surface area contributed by atoms with Crippen LogP contribution in [-0.4, -0.2) is 88.4 Å². The molecule has 14 heteroatoms. The number of piperidine rings is 1. The molecule has 10 nitrogen and oxygen atoms in total. The third kappa shape index (κ3) is 6.60. The standard InChI is InChI=1S/C22H30F4N8O2/c1-32-9-4-15(5-10-32)34-13-17(19(23)31-34)29-21-28-12-16(22(24,25)26)20(30-21)27-6-2-7-33-8-3-11-36-14-18(33)35/h12-13,15H,2-11,14H2,1H3,(H2,27,28,29,30). The highest BCUT2D eigenvalue weighted by atomic mass is 19.4. The molecule has 4 rings (SSSR count). The molecule has 0 aromatic carbocycles. The summed E-state index contributed by atoms with van der Waals surface area (Å²) in [6.07, 6.45) is 0.226. The fourth-order valence-corrected chi connectivity index (χ4v) is 4.25. The van der Waals surface area contributed by atoms with Gasteiger partial charge in [0.05, 0.1) is 12.2 Å². The Morgan fingerprint density at radius 2 is 2.00 bits per heavy atom. The molecule has 0 radical (unpaired) electrons. The van der Waals surface area contributed by atoms with Gasteiger partial charge in [0.1, 0.15) is 23.7 Å².